The van der Waals surface area contributed by atoms with E-state index >= 15 is 0 Å². The number of rotatable bonds is 2. The quantitative estimate of drug-likeness (QED) is 0.198. The van der Waals surface area contributed by atoms with Crippen molar-refractivity contribution >= 4 is 38.3 Å². The molecular formula is C10H14BN8O5P. The third kappa shape index (κ3) is 2.60. The van der Waals surface area contributed by atoms with Gasteiger partial charge in [-0.15, -0.1) is 0 Å². The standard InChI is InChI=1S/C10H14BN8O5P/c11-25(21)22-1-3-6(24-25)5(20)9(23-3)19-8-4(7(12)14-2-15-8)16-10(19)17-18-13/h2-3,5-6,9,20-21,25H,1,11H2,(H2,12,14,15)/t3-,5+,6?,9-/m1/s1. The maximum absolute atomic E-state index is 10.7. The van der Waals surface area contributed by atoms with E-state index < -0.39 is 32.4 Å². The molecule has 15 heteroatoms. The minimum atomic E-state index is -3.32. The van der Waals surface area contributed by atoms with Crippen molar-refractivity contribution < 1.29 is 23.8 Å². The summed E-state index contributed by atoms with van der Waals surface area (Å²) in [6.07, 6.45) is -2.36. The SMILES string of the molecule is B[PH]1(O)OC[C@H]2O[C@@H](n3c(N=[N+]=[N-])nc4c(N)ncnc43)[C@@H](O)C2O1. The van der Waals surface area contributed by atoms with Gasteiger partial charge in [0.15, 0.2) is 0 Å². The predicted octanol–water partition coefficient (Wildman–Crippen LogP) is -0.941. The molecule has 132 valence electrons. The second kappa shape index (κ2) is 5.75. The first-order valence-electron chi connectivity index (χ1n) is 7.32. The Balaban J connectivity index is 1.81. The van der Waals surface area contributed by atoms with Crippen LogP contribution in [-0.2, 0) is 13.8 Å². The molecule has 2 saturated heterocycles. The average Bonchev–Trinajstić information content (AvgIpc) is 3.06. The molecule has 0 saturated carbocycles. The van der Waals surface area contributed by atoms with E-state index in [2.05, 4.69) is 25.0 Å². The second-order valence-corrected chi connectivity index (χ2v) is 8.07. The number of nitrogen functional groups attached to an aromatic ring is 1. The van der Waals surface area contributed by atoms with E-state index in [1.165, 1.54) is 18.5 Å². The molecule has 1 unspecified atom stereocenters. The van der Waals surface area contributed by atoms with Crippen molar-refractivity contribution in [3.63, 3.8) is 0 Å². The van der Waals surface area contributed by atoms with E-state index in [1.54, 1.807) is 0 Å². The number of nitrogens with two attached hydrogens (primary N) is 1. The molecule has 0 radical (unpaired) electrons. The van der Waals surface area contributed by atoms with Gasteiger partial charge in [0.1, 0.15) is 0 Å². The molecule has 0 bridgehead atoms. The summed E-state index contributed by atoms with van der Waals surface area (Å²) in [5.74, 6) is 0.00953. The number of aromatic nitrogens is 4. The van der Waals surface area contributed by atoms with Gasteiger partial charge in [-0.25, -0.2) is 0 Å². The van der Waals surface area contributed by atoms with Gasteiger partial charge < -0.3 is 0 Å². The number of nitrogens with zero attached hydrogens (tertiary/aromatic N) is 7. The van der Waals surface area contributed by atoms with E-state index in [9.17, 15) is 10.00 Å². The maximum atomic E-state index is 10.7. The van der Waals surface area contributed by atoms with E-state index in [0.717, 1.165) is 0 Å². The van der Waals surface area contributed by atoms with Crippen LogP contribution >= 0.6 is 7.82 Å². The van der Waals surface area contributed by atoms with Crippen molar-refractivity contribution in [3.05, 3.63) is 16.8 Å². The van der Waals surface area contributed by atoms with Gasteiger partial charge in [-0.3, -0.25) is 0 Å². The van der Waals surface area contributed by atoms with Crippen LogP contribution in [0.25, 0.3) is 21.6 Å². The van der Waals surface area contributed by atoms with E-state index in [0.29, 0.717) is 0 Å². The zero-order valence-corrected chi connectivity index (χ0v) is 13.9. The number of hydrogen-bond donors (Lipinski definition) is 3. The first-order chi connectivity index (χ1) is 11.9. The molecule has 2 aromatic heterocycles. The molecule has 4 rings (SSSR count). The van der Waals surface area contributed by atoms with Crippen molar-refractivity contribution in [2.45, 2.75) is 24.5 Å². The molecule has 25 heavy (non-hydrogen) atoms. The molecule has 4 N–H and O–H groups in total. The number of aliphatic hydroxyl groups excluding tert-OH is 1. The number of hydrogen-bond acceptors (Lipinski definition) is 10. The molecule has 2 aliphatic rings. The summed E-state index contributed by atoms with van der Waals surface area (Å²) in [4.78, 5) is 24.8. The third-order valence-corrected chi connectivity index (χ3v) is 5.47. The van der Waals surface area contributed by atoms with Crippen molar-refractivity contribution in [1.29, 1.82) is 0 Å². The fraction of sp³-hybridized carbons (Fsp3) is 0.500. The number of aliphatic hydroxyl groups is 1. The number of anilines is 1. The van der Waals surface area contributed by atoms with Gasteiger partial charge in [-0.05, 0) is 0 Å². The van der Waals surface area contributed by atoms with Gasteiger partial charge in [0.25, 0.3) is 0 Å². The zero-order chi connectivity index (χ0) is 17.8. The summed E-state index contributed by atoms with van der Waals surface area (Å²) in [5.41, 5.74) is 15.0. The summed E-state index contributed by atoms with van der Waals surface area (Å²) in [6, 6.07) is 0. The topological polar surface area (TPSA) is 187 Å². The zero-order valence-electron chi connectivity index (χ0n) is 12.9. The van der Waals surface area contributed by atoms with Crippen molar-refractivity contribution in [3.8, 4) is 0 Å². The van der Waals surface area contributed by atoms with Crippen molar-refractivity contribution in [2.24, 2.45) is 5.11 Å². The summed E-state index contributed by atoms with van der Waals surface area (Å²) in [6.45, 7) is 0.0675. The Kier molecular flexibility index (Phi) is 3.78. The molecule has 0 spiro atoms. The molecule has 0 aromatic carbocycles. The Morgan fingerprint density at radius 2 is 2.32 bits per heavy atom. The van der Waals surface area contributed by atoms with Crippen molar-refractivity contribution in [2.75, 3.05) is 12.3 Å². The van der Waals surface area contributed by atoms with Gasteiger partial charge >= 0.3 is 140 Å². The van der Waals surface area contributed by atoms with Crippen LogP contribution in [0.1, 0.15) is 6.23 Å². The number of fused-ring (bicyclic) bond motifs is 2. The summed E-state index contributed by atoms with van der Waals surface area (Å²) in [7, 11) is -1.86. The van der Waals surface area contributed by atoms with E-state index in [4.69, 9.17) is 25.0 Å². The number of ether oxygens (including phenoxy) is 1. The molecular weight excluding hydrogens is 354 g/mol. The number of azide groups is 1. The van der Waals surface area contributed by atoms with Gasteiger partial charge in [0.2, 0.25) is 0 Å². The van der Waals surface area contributed by atoms with Crippen LogP contribution in [-0.4, -0.2) is 62.0 Å². The van der Waals surface area contributed by atoms with Crippen LogP contribution in [0.5, 0.6) is 0 Å². The van der Waals surface area contributed by atoms with Crippen molar-refractivity contribution in [1.82, 2.24) is 19.5 Å². The molecule has 2 aliphatic heterocycles. The molecule has 2 aromatic rings. The van der Waals surface area contributed by atoms with Gasteiger partial charge in [-0.1, -0.05) is 0 Å². The van der Waals surface area contributed by atoms with Crippen LogP contribution in [0.2, 0.25) is 0 Å². The Labute approximate surface area is 141 Å². The van der Waals surface area contributed by atoms with E-state index in [-0.39, 0.29) is 29.5 Å². The molecule has 4 atom stereocenters. The molecule has 0 amide bonds. The first-order valence-corrected chi connectivity index (χ1v) is 9.59. The molecule has 0 aliphatic carbocycles. The van der Waals surface area contributed by atoms with Crippen LogP contribution in [0, 0.1) is 0 Å². The van der Waals surface area contributed by atoms with Crippen LogP contribution in [0.15, 0.2) is 11.4 Å². The van der Waals surface area contributed by atoms with Crippen LogP contribution in [0.4, 0.5) is 11.8 Å². The fourth-order valence-electron chi connectivity index (χ4n) is 3.00. The molecule has 2 fully saturated rings. The molecule has 4 heterocycles. The van der Waals surface area contributed by atoms with Gasteiger partial charge in [-0.2, -0.15) is 0 Å². The summed E-state index contributed by atoms with van der Waals surface area (Å²) < 4.78 is 17.9. The van der Waals surface area contributed by atoms with Crippen LogP contribution in [0.3, 0.4) is 0 Å². The van der Waals surface area contributed by atoms with Gasteiger partial charge in [0, 0.05) is 0 Å². The van der Waals surface area contributed by atoms with Crippen LogP contribution < -0.4 is 5.73 Å². The fourth-order valence-corrected chi connectivity index (χ4v) is 4.33. The summed E-state index contributed by atoms with van der Waals surface area (Å²) >= 11 is 0. The summed E-state index contributed by atoms with van der Waals surface area (Å²) in [5, 5.41) is 14.2. The monoisotopic (exact) mass is 368 g/mol. The Morgan fingerprint density at radius 1 is 1.52 bits per heavy atom. The average molecular weight is 368 g/mol. The third-order valence-electron chi connectivity index (χ3n) is 4.05. The molecule has 13 nitrogen and oxygen atoms in total. The van der Waals surface area contributed by atoms with E-state index in [1.807, 2.05) is 0 Å². The normalized spacial score (nSPS) is 32.1. The minimum absolute atomic E-state index is 0.0675. The Hall–Kier alpha value is -2.05. The van der Waals surface area contributed by atoms with Gasteiger partial charge in [0.05, 0.1) is 0 Å². The first kappa shape index (κ1) is 16.4. The second-order valence-electron chi connectivity index (χ2n) is 5.75. The number of imidazole rings is 1. The Bertz CT molecular complexity index is 888. The Morgan fingerprint density at radius 3 is 3.08 bits per heavy atom. The predicted molar refractivity (Wildman–Crippen MR) is 88.4 cm³/mol.